The number of hydrogen-bond donors (Lipinski definition) is 1. The molecule has 1 fully saturated rings. The van der Waals surface area contributed by atoms with Crippen LogP contribution in [0.3, 0.4) is 0 Å². The van der Waals surface area contributed by atoms with Gasteiger partial charge in [-0.05, 0) is 31.2 Å². The van der Waals surface area contributed by atoms with Crippen LogP contribution in [0.5, 0.6) is 5.75 Å². The SMILES string of the molecule is COCCOc1ccc(C(=O)N2CCNC(C)C2)cc1. The van der Waals surface area contributed by atoms with Crippen molar-refractivity contribution in [1.29, 1.82) is 0 Å². The predicted octanol–water partition coefficient (Wildman–Crippen LogP) is 1.15. The van der Waals surface area contributed by atoms with Crippen LogP contribution in [0.2, 0.25) is 0 Å². The average Bonchev–Trinajstić information content (AvgIpc) is 2.47. The van der Waals surface area contributed by atoms with Gasteiger partial charge in [0.2, 0.25) is 0 Å². The lowest BCUT2D eigenvalue weighted by molar-refractivity contribution is 0.0709. The third-order valence-corrected chi connectivity index (χ3v) is 3.31. The fourth-order valence-corrected chi connectivity index (χ4v) is 2.24. The number of rotatable bonds is 5. The largest absolute Gasteiger partial charge is 0.491 e. The summed E-state index contributed by atoms with van der Waals surface area (Å²) < 4.78 is 10.4. The predicted molar refractivity (Wildman–Crippen MR) is 77.2 cm³/mol. The maximum Gasteiger partial charge on any atom is 0.253 e. The maximum absolute atomic E-state index is 12.4. The molecular formula is C15H22N2O3. The van der Waals surface area contributed by atoms with Crippen molar-refractivity contribution < 1.29 is 14.3 Å². The van der Waals surface area contributed by atoms with Gasteiger partial charge in [-0.15, -0.1) is 0 Å². The Morgan fingerprint density at radius 2 is 2.10 bits per heavy atom. The van der Waals surface area contributed by atoms with Crippen molar-refractivity contribution >= 4 is 5.91 Å². The Kier molecular flexibility index (Phi) is 5.38. The maximum atomic E-state index is 12.4. The summed E-state index contributed by atoms with van der Waals surface area (Å²) in [7, 11) is 1.64. The van der Waals surface area contributed by atoms with E-state index < -0.39 is 0 Å². The molecule has 5 heteroatoms. The van der Waals surface area contributed by atoms with E-state index in [4.69, 9.17) is 9.47 Å². The van der Waals surface area contributed by atoms with E-state index in [1.165, 1.54) is 0 Å². The first-order valence-corrected chi connectivity index (χ1v) is 6.95. The lowest BCUT2D eigenvalue weighted by Crippen LogP contribution is -2.51. The second-order valence-corrected chi connectivity index (χ2v) is 4.97. The summed E-state index contributed by atoms with van der Waals surface area (Å²) in [6, 6.07) is 7.64. The van der Waals surface area contributed by atoms with Gasteiger partial charge in [-0.3, -0.25) is 4.79 Å². The Morgan fingerprint density at radius 3 is 2.75 bits per heavy atom. The van der Waals surface area contributed by atoms with Gasteiger partial charge in [-0.2, -0.15) is 0 Å². The van der Waals surface area contributed by atoms with Gasteiger partial charge in [0.25, 0.3) is 5.91 Å². The number of carbonyl (C=O) groups is 1. The molecular weight excluding hydrogens is 256 g/mol. The number of piperazine rings is 1. The molecule has 0 saturated carbocycles. The highest BCUT2D eigenvalue weighted by Gasteiger charge is 2.21. The van der Waals surface area contributed by atoms with E-state index in [2.05, 4.69) is 12.2 Å². The van der Waals surface area contributed by atoms with Crippen LogP contribution in [0.15, 0.2) is 24.3 Å². The molecule has 0 bridgehead atoms. The van der Waals surface area contributed by atoms with Gasteiger partial charge in [0, 0.05) is 38.3 Å². The topological polar surface area (TPSA) is 50.8 Å². The number of hydrogen-bond acceptors (Lipinski definition) is 4. The first-order valence-electron chi connectivity index (χ1n) is 6.95. The zero-order valence-electron chi connectivity index (χ0n) is 12.1. The minimum Gasteiger partial charge on any atom is -0.491 e. The first-order chi connectivity index (χ1) is 9.70. The number of amides is 1. The lowest BCUT2D eigenvalue weighted by atomic mass is 10.1. The molecule has 1 saturated heterocycles. The molecule has 1 aromatic carbocycles. The van der Waals surface area contributed by atoms with Crippen LogP contribution in [0.1, 0.15) is 17.3 Å². The van der Waals surface area contributed by atoms with Crippen LogP contribution in [0, 0.1) is 0 Å². The average molecular weight is 278 g/mol. The highest BCUT2D eigenvalue weighted by atomic mass is 16.5. The number of carbonyl (C=O) groups excluding carboxylic acids is 1. The summed E-state index contributed by atoms with van der Waals surface area (Å²) in [6.45, 7) is 5.52. The summed E-state index contributed by atoms with van der Waals surface area (Å²) in [5.74, 6) is 0.842. The van der Waals surface area contributed by atoms with Crippen LogP contribution in [-0.2, 0) is 4.74 Å². The molecule has 1 atom stereocenters. The van der Waals surface area contributed by atoms with Crippen LogP contribution in [0.4, 0.5) is 0 Å². The quantitative estimate of drug-likeness (QED) is 0.821. The minimum absolute atomic E-state index is 0.0850. The smallest absolute Gasteiger partial charge is 0.253 e. The zero-order chi connectivity index (χ0) is 14.4. The highest BCUT2D eigenvalue weighted by Crippen LogP contribution is 2.14. The molecule has 1 aliphatic rings. The molecule has 1 heterocycles. The second-order valence-electron chi connectivity index (χ2n) is 4.97. The van der Waals surface area contributed by atoms with Crippen LogP contribution >= 0.6 is 0 Å². The lowest BCUT2D eigenvalue weighted by Gasteiger charge is -2.32. The third-order valence-electron chi connectivity index (χ3n) is 3.31. The first kappa shape index (κ1) is 14.8. The van der Waals surface area contributed by atoms with E-state index in [0.717, 1.165) is 25.4 Å². The standard InChI is InChI=1S/C15H22N2O3/c1-12-11-17(8-7-16-12)15(18)13-3-5-14(6-4-13)20-10-9-19-2/h3-6,12,16H,7-11H2,1-2H3. The van der Waals surface area contributed by atoms with E-state index in [1.54, 1.807) is 7.11 Å². The number of methoxy groups -OCH3 is 1. The summed E-state index contributed by atoms with van der Waals surface area (Å²) in [5.41, 5.74) is 0.707. The minimum atomic E-state index is 0.0850. The fraction of sp³-hybridized carbons (Fsp3) is 0.533. The number of nitrogens with one attached hydrogen (secondary N) is 1. The van der Waals surface area contributed by atoms with E-state index in [0.29, 0.717) is 24.8 Å². The normalized spacial score (nSPS) is 18.9. The van der Waals surface area contributed by atoms with Crippen LogP contribution in [0.25, 0.3) is 0 Å². The Hall–Kier alpha value is -1.59. The summed E-state index contributed by atoms with van der Waals surface area (Å²) in [5, 5.41) is 3.33. The molecule has 1 N–H and O–H groups in total. The summed E-state index contributed by atoms with van der Waals surface area (Å²) in [4.78, 5) is 14.2. The van der Waals surface area contributed by atoms with E-state index in [9.17, 15) is 4.79 Å². The highest BCUT2D eigenvalue weighted by molar-refractivity contribution is 5.94. The number of nitrogens with zero attached hydrogens (tertiary/aromatic N) is 1. The van der Waals surface area contributed by atoms with Crippen molar-refractivity contribution in [3.05, 3.63) is 29.8 Å². The third kappa shape index (κ3) is 3.95. The van der Waals surface area contributed by atoms with Gasteiger partial charge in [0.15, 0.2) is 0 Å². The summed E-state index contributed by atoms with van der Waals surface area (Å²) >= 11 is 0. The van der Waals surface area contributed by atoms with Gasteiger partial charge >= 0.3 is 0 Å². The van der Waals surface area contributed by atoms with E-state index in [-0.39, 0.29) is 5.91 Å². The fourth-order valence-electron chi connectivity index (χ4n) is 2.24. The van der Waals surface area contributed by atoms with Gasteiger partial charge in [0.1, 0.15) is 12.4 Å². The molecule has 20 heavy (non-hydrogen) atoms. The van der Waals surface area contributed by atoms with Crippen molar-refractivity contribution in [3.63, 3.8) is 0 Å². The Balaban J connectivity index is 1.93. The van der Waals surface area contributed by atoms with Gasteiger partial charge in [0.05, 0.1) is 6.61 Å². The van der Waals surface area contributed by atoms with Crippen molar-refractivity contribution in [2.75, 3.05) is 40.0 Å². The molecule has 1 unspecified atom stereocenters. The molecule has 2 rings (SSSR count). The van der Waals surface area contributed by atoms with Crippen molar-refractivity contribution in [2.24, 2.45) is 0 Å². The zero-order valence-corrected chi connectivity index (χ0v) is 12.1. The monoisotopic (exact) mass is 278 g/mol. The Labute approximate surface area is 119 Å². The molecule has 1 aromatic rings. The molecule has 1 aliphatic heterocycles. The van der Waals surface area contributed by atoms with Crippen LogP contribution in [-0.4, -0.2) is 56.8 Å². The van der Waals surface area contributed by atoms with Crippen molar-refractivity contribution in [3.8, 4) is 5.75 Å². The molecule has 0 aromatic heterocycles. The van der Waals surface area contributed by atoms with Crippen LogP contribution < -0.4 is 10.1 Å². The molecule has 110 valence electrons. The van der Waals surface area contributed by atoms with Crippen molar-refractivity contribution in [2.45, 2.75) is 13.0 Å². The summed E-state index contributed by atoms with van der Waals surface area (Å²) in [6.07, 6.45) is 0. The van der Waals surface area contributed by atoms with Gasteiger partial charge in [-0.1, -0.05) is 0 Å². The second kappa shape index (κ2) is 7.26. The number of benzene rings is 1. The molecule has 5 nitrogen and oxygen atoms in total. The Bertz CT molecular complexity index is 433. The van der Waals surface area contributed by atoms with Gasteiger partial charge in [-0.25, -0.2) is 0 Å². The van der Waals surface area contributed by atoms with Gasteiger partial charge < -0.3 is 19.7 Å². The Morgan fingerprint density at radius 1 is 1.35 bits per heavy atom. The molecule has 0 spiro atoms. The van der Waals surface area contributed by atoms with Crippen molar-refractivity contribution in [1.82, 2.24) is 10.2 Å². The number of ether oxygens (including phenoxy) is 2. The van der Waals surface area contributed by atoms with E-state index >= 15 is 0 Å². The molecule has 1 amide bonds. The molecule has 0 radical (unpaired) electrons. The van der Waals surface area contributed by atoms with E-state index in [1.807, 2.05) is 29.2 Å². The molecule has 0 aliphatic carbocycles.